The van der Waals surface area contributed by atoms with Gasteiger partial charge in [-0.25, -0.2) is 0 Å². The van der Waals surface area contributed by atoms with Gasteiger partial charge in [-0.3, -0.25) is 14.7 Å². The normalized spacial score (nSPS) is 10.8. The lowest BCUT2D eigenvalue weighted by Crippen LogP contribution is -2.13. The number of aromatic nitrogens is 2. The lowest BCUT2D eigenvalue weighted by Gasteiger charge is -2.04. The standard InChI is InChI=1S/C15H12ClN3O2S/c16-14-5-4-13(22-14)12(20)3-6-15(21)18-10-2-1-9-8-17-19-11(9)7-10/h1-2,4-5,7-8H,3,6H2,(H,17,19)(H,18,21). The SMILES string of the molecule is O=C(CCC(=O)c1ccc(Cl)s1)Nc1ccc2cn[nH]c2c1. The monoisotopic (exact) mass is 333 g/mol. The summed E-state index contributed by atoms with van der Waals surface area (Å²) in [5.74, 6) is -0.272. The Kier molecular flexibility index (Phi) is 4.22. The van der Waals surface area contributed by atoms with Crippen molar-refractivity contribution in [2.24, 2.45) is 0 Å². The molecule has 1 amide bonds. The average Bonchev–Trinajstić information content (AvgIpc) is 3.13. The Labute approximate surface area is 135 Å². The second-order valence-corrected chi connectivity index (χ2v) is 6.46. The van der Waals surface area contributed by atoms with Crippen LogP contribution in [-0.4, -0.2) is 21.9 Å². The zero-order valence-electron chi connectivity index (χ0n) is 11.4. The molecule has 2 aromatic heterocycles. The Morgan fingerprint density at radius 3 is 2.86 bits per heavy atom. The van der Waals surface area contributed by atoms with Crippen LogP contribution in [0.3, 0.4) is 0 Å². The predicted molar refractivity (Wildman–Crippen MR) is 87.6 cm³/mol. The first-order chi connectivity index (χ1) is 10.6. The molecule has 0 fully saturated rings. The number of benzene rings is 1. The van der Waals surface area contributed by atoms with E-state index in [9.17, 15) is 9.59 Å². The maximum atomic E-state index is 11.9. The number of H-pyrrole nitrogens is 1. The summed E-state index contributed by atoms with van der Waals surface area (Å²) in [4.78, 5) is 24.4. The summed E-state index contributed by atoms with van der Waals surface area (Å²) in [6.45, 7) is 0. The fraction of sp³-hybridized carbons (Fsp3) is 0.133. The minimum atomic E-state index is -0.199. The van der Waals surface area contributed by atoms with E-state index in [-0.39, 0.29) is 24.5 Å². The number of fused-ring (bicyclic) bond motifs is 1. The highest BCUT2D eigenvalue weighted by Crippen LogP contribution is 2.23. The van der Waals surface area contributed by atoms with Crippen LogP contribution in [0, 0.1) is 0 Å². The summed E-state index contributed by atoms with van der Waals surface area (Å²) in [5.41, 5.74) is 1.52. The van der Waals surface area contributed by atoms with Gasteiger partial charge in [-0.2, -0.15) is 5.10 Å². The third kappa shape index (κ3) is 3.35. The van der Waals surface area contributed by atoms with Crippen molar-refractivity contribution in [1.82, 2.24) is 10.2 Å². The summed E-state index contributed by atoms with van der Waals surface area (Å²) in [7, 11) is 0. The lowest BCUT2D eigenvalue weighted by atomic mass is 10.2. The van der Waals surface area contributed by atoms with Crippen molar-refractivity contribution in [3.05, 3.63) is 45.7 Å². The molecule has 0 radical (unpaired) electrons. The van der Waals surface area contributed by atoms with Crippen molar-refractivity contribution in [1.29, 1.82) is 0 Å². The number of hydrogen-bond donors (Lipinski definition) is 2. The Morgan fingerprint density at radius 1 is 1.23 bits per heavy atom. The summed E-state index contributed by atoms with van der Waals surface area (Å²) in [6, 6.07) is 8.84. The van der Waals surface area contributed by atoms with Crippen LogP contribution in [0.4, 0.5) is 5.69 Å². The minimum absolute atomic E-state index is 0.0731. The number of hydrogen-bond acceptors (Lipinski definition) is 4. The molecule has 7 heteroatoms. The second-order valence-electron chi connectivity index (χ2n) is 4.75. The Hall–Kier alpha value is -2.18. The van der Waals surface area contributed by atoms with Crippen molar-refractivity contribution < 1.29 is 9.59 Å². The van der Waals surface area contributed by atoms with E-state index < -0.39 is 0 Å². The molecule has 2 heterocycles. The first-order valence-corrected chi connectivity index (χ1v) is 7.83. The Balaban J connectivity index is 1.56. The number of anilines is 1. The van der Waals surface area contributed by atoms with E-state index in [0.717, 1.165) is 10.9 Å². The molecule has 22 heavy (non-hydrogen) atoms. The van der Waals surface area contributed by atoms with E-state index in [1.165, 1.54) is 11.3 Å². The van der Waals surface area contributed by atoms with Gasteiger partial charge in [0, 0.05) is 23.9 Å². The summed E-state index contributed by atoms with van der Waals surface area (Å²) in [5, 5.41) is 10.5. The highest BCUT2D eigenvalue weighted by Gasteiger charge is 2.12. The first kappa shape index (κ1) is 14.7. The number of amides is 1. The fourth-order valence-corrected chi connectivity index (χ4v) is 3.06. The molecule has 0 aliphatic rings. The van der Waals surface area contributed by atoms with Gasteiger partial charge in [0.25, 0.3) is 0 Å². The molecule has 0 atom stereocenters. The van der Waals surface area contributed by atoms with Crippen molar-refractivity contribution in [2.45, 2.75) is 12.8 Å². The van der Waals surface area contributed by atoms with E-state index in [4.69, 9.17) is 11.6 Å². The maximum absolute atomic E-state index is 11.9. The molecular formula is C15H12ClN3O2S. The number of carbonyl (C=O) groups is 2. The van der Waals surface area contributed by atoms with Gasteiger partial charge in [0.1, 0.15) is 0 Å². The first-order valence-electron chi connectivity index (χ1n) is 6.63. The van der Waals surface area contributed by atoms with E-state index in [2.05, 4.69) is 15.5 Å². The van der Waals surface area contributed by atoms with Crippen molar-refractivity contribution >= 4 is 51.2 Å². The van der Waals surface area contributed by atoms with Gasteiger partial charge in [0.2, 0.25) is 5.91 Å². The molecule has 0 unspecified atom stereocenters. The Morgan fingerprint density at radius 2 is 2.09 bits per heavy atom. The topological polar surface area (TPSA) is 74.8 Å². The molecule has 0 aliphatic carbocycles. The van der Waals surface area contributed by atoms with E-state index >= 15 is 0 Å². The third-order valence-electron chi connectivity index (χ3n) is 3.15. The van der Waals surface area contributed by atoms with Gasteiger partial charge in [0.05, 0.1) is 20.9 Å². The highest BCUT2D eigenvalue weighted by molar-refractivity contribution is 7.18. The van der Waals surface area contributed by atoms with Gasteiger partial charge in [0.15, 0.2) is 5.78 Å². The quantitative estimate of drug-likeness (QED) is 0.696. The lowest BCUT2D eigenvalue weighted by molar-refractivity contribution is -0.116. The number of nitrogens with zero attached hydrogens (tertiary/aromatic N) is 1. The number of aromatic amines is 1. The van der Waals surface area contributed by atoms with Crippen LogP contribution < -0.4 is 5.32 Å². The number of Topliss-reactive ketones (excluding diaryl/α,β-unsaturated/α-hetero) is 1. The predicted octanol–water partition coefficient (Wildman–Crippen LogP) is 3.88. The summed E-state index contributed by atoms with van der Waals surface area (Å²) < 4.78 is 0.570. The smallest absolute Gasteiger partial charge is 0.224 e. The molecule has 2 N–H and O–H groups in total. The molecule has 3 aromatic rings. The number of thiophene rings is 1. The molecule has 0 aliphatic heterocycles. The second kappa shape index (κ2) is 6.29. The number of nitrogens with one attached hydrogen (secondary N) is 2. The molecule has 0 spiro atoms. The molecule has 1 aromatic carbocycles. The van der Waals surface area contributed by atoms with Crippen LogP contribution in [-0.2, 0) is 4.79 Å². The Bertz CT molecular complexity index is 840. The highest BCUT2D eigenvalue weighted by atomic mass is 35.5. The molecule has 112 valence electrons. The van der Waals surface area contributed by atoms with Crippen molar-refractivity contribution in [2.75, 3.05) is 5.32 Å². The van der Waals surface area contributed by atoms with E-state index in [0.29, 0.717) is 14.9 Å². The zero-order valence-corrected chi connectivity index (χ0v) is 13.0. The summed E-state index contributed by atoms with van der Waals surface area (Å²) >= 11 is 7.02. The third-order valence-corrected chi connectivity index (χ3v) is 4.43. The number of ketones is 1. The average molecular weight is 334 g/mol. The van der Waals surface area contributed by atoms with Crippen LogP contribution in [0.25, 0.3) is 10.9 Å². The summed E-state index contributed by atoms with van der Waals surface area (Å²) in [6.07, 6.45) is 2.01. The molecular weight excluding hydrogens is 322 g/mol. The molecule has 0 saturated carbocycles. The molecule has 0 bridgehead atoms. The number of rotatable bonds is 5. The van der Waals surface area contributed by atoms with Gasteiger partial charge in [-0.05, 0) is 30.3 Å². The fourth-order valence-electron chi connectivity index (χ4n) is 2.05. The van der Waals surface area contributed by atoms with Gasteiger partial charge >= 0.3 is 0 Å². The minimum Gasteiger partial charge on any atom is -0.326 e. The maximum Gasteiger partial charge on any atom is 0.224 e. The number of halogens is 1. The van der Waals surface area contributed by atoms with Gasteiger partial charge < -0.3 is 5.32 Å². The van der Waals surface area contributed by atoms with Crippen LogP contribution in [0.1, 0.15) is 22.5 Å². The van der Waals surface area contributed by atoms with Crippen molar-refractivity contribution in [3.8, 4) is 0 Å². The van der Waals surface area contributed by atoms with Crippen molar-refractivity contribution in [3.63, 3.8) is 0 Å². The van der Waals surface area contributed by atoms with E-state index in [1.54, 1.807) is 30.5 Å². The largest absolute Gasteiger partial charge is 0.326 e. The van der Waals surface area contributed by atoms with Crippen LogP contribution in [0.15, 0.2) is 36.5 Å². The van der Waals surface area contributed by atoms with Crippen LogP contribution in [0.5, 0.6) is 0 Å². The van der Waals surface area contributed by atoms with Gasteiger partial charge in [-0.1, -0.05) is 11.6 Å². The zero-order chi connectivity index (χ0) is 15.5. The molecule has 0 saturated heterocycles. The molecule has 3 rings (SSSR count). The van der Waals surface area contributed by atoms with Crippen LogP contribution in [0.2, 0.25) is 4.34 Å². The van der Waals surface area contributed by atoms with Gasteiger partial charge in [-0.15, -0.1) is 11.3 Å². The van der Waals surface area contributed by atoms with Crippen LogP contribution >= 0.6 is 22.9 Å². The molecule has 5 nitrogen and oxygen atoms in total. The van der Waals surface area contributed by atoms with E-state index in [1.807, 2.05) is 6.07 Å². The number of carbonyl (C=O) groups excluding carboxylic acids is 2.